The van der Waals surface area contributed by atoms with Crippen LogP contribution < -0.4 is 0 Å². The molecule has 0 spiro atoms. The Kier molecular flexibility index (Phi) is 45.0. The first-order valence-electron chi connectivity index (χ1n) is 24.4. The quantitative estimate of drug-likeness (QED) is 0.0264. The lowest BCUT2D eigenvalue weighted by Crippen LogP contribution is -2.30. The van der Waals surface area contributed by atoms with E-state index >= 15 is 0 Å². The van der Waals surface area contributed by atoms with Crippen molar-refractivity contribution < 1.29 is 28.6 Å². The molecular weight excluding hydrogens is 733 g/mol. The van der Waals surface area contributed by atoms with E-state index in [9.17, 15) is 14.4 Å². The SMILES string of the molecule is CC/C=C\C/C=C\C/C=C\C/C=C\CCCCC(=O)OC[C@@H](COC(=O)CCCCCCC/C=C\CCCCC)OC(=O)CCCCCCC/C=C\CCCCCCC. The minimum Gasteiger partial charge on any atom is -0.462 e. The maximum Gasteiger partial charge on any atom is 0.306 e. The molecular formula is C53H90O6. The number of allylic oxidation sites excluding steroid dienone is 12. The number of unbranched alkanes of at least 4 members (excludes halogenated alkanes) is 20. The fourth-order valence-electron chi connectivity index (χ4n) is 6.48. The molecule has 0 aliphatic heterocycles. The molecule has 0 saturated heterocycles. The second kappa shape index (κ2) is 47.5. The molecule has 0 amide bonds. The van der Waals surface area contributed by atoms with Crippen molar-refractivity contribution >= 4 is 17.9 Å². The Morgan fingerprint density at radius 1 is 0.356 bits per heavy atom. The van der Waals surface area contributed by atoms with Gasteiger partial charge in [0.05, 0.1) is 0 Å². The lowest BCUT2D eigenvalue weighted by molar-refractivity contribution is -0.167. The molecule has 6 heteroatoms. The maximum atomic E-state index is 12.8. The summed E-state index contributed by atoms with van der Waals surface area (Å²) in [6, 6.07) is 0. The highest BCUT2D eigenvalue weighted by Crippen LogP contribution is 2.13. The third kappa shape index (κ3) is 45.8. The highest BCUT2D eigenvalue weighted by atomic mass is 16.6. The number of ether oxygens (including phenoxy) is 3. The van der Waals surface area contributed by atoms with Gasteiger partial charge in [0.15, 0.2) is 6.10 Å². The lowest BCUT2D eigenvalue weighted by atomic mass is 10.1. The van der Waals surface area contributed by atoms with Crippen LogP contribution in [0.15, 0.2) is 72.9 Å². The second-order valence-corrected chi connectivity index (χ2v) is 16.0. The largest absolute Gasteiger partial charge is 0.462 e. The molecule has 0 N–H and O–H groups in total. The zero-order valence-electron chi connectivity index (χ0n) is 38.5. The van der Waals surface area contributed by atoms with Gasteiger partial charge in [0.25, 0.3) is 0 Å². The first-order chi connectivity index (χ1) is 29.0. The summed E-state index contributed by atoms with van der Waals surface area (Å²) in [6.45, 7) is 6.43. The van der Waals surface area contributed by atoms with Gasteiger partial charge in [0.1, 0.15) is 13.2 Å². The average molecular weight is 823 g/mol. The Morgan fingerprint density at radius 3 is 1.12 bits per heavy atom. The standard InChI is InChI=1S/C53H90O6/c1-4-7-10-13-16-19-22-25-27-29-31-34-37-40-43-46-52(55)58-49-50(48-57-51(54)45-42-39-36-33-30-24-21-18-15-12-9-6-3)59-53(56)47-44-41-38-35-32-28-26-23-20-17-14-11-8-5-2/h7,10,16,18-19,21,23,25-27,31,34,50H,4-6,8-9,11-15,17,20,22,24,28-30,32-33,35-49H2,1-3H3/b10-7-,19-16-,21-18-,26-23-,27-25-,34-31-/t50-/m1/s1. The second-order valence-electron chi connectivity index (χ2n) is 16.0. The van der Waals surface area contributed by atoms with Crippen molar-refractivity contribution in [1.29, 1.82) is 0 Å². The van der Waals surface area contributed by atoms with Crippen LogP contribution in [-0.4, -0.2) is 37.2 Å². The number of rotatable bonds is 43. The van der Waals surface area contributed by atoms with E-state index < -0.39 is 6.10 Å². The van der Waals surface area contributed by atoms with Crippen molar-refractivity contribution in [3.05, 3.63) is 72.9 Å². The summed E-state index contributed by atoms with van der Waals surface area (Å²) in [6.07, 6.45) is 58.8. The van der Waals surface area contributed by atoms with Gasteiger partial charge in [-0.3, -0.25) is 14.4 Å². The normalized spacial score (nSPS) is 12.7. The molecule has 0 aromatic carbocycles. The third-order valence-electron chi connectivity index (χ3n) is 10.2. The van der Waals surface area contributed by atoms with Crippen molar-refractivity contribution in [2.45, 2.75) is 232 Å². The Labute approximate surface area is 363 Å². The summed E-state index contributed by atoms with van der Waals surface area (Å²) in [5, 5.41) is 0. The van der Waals surface area contributed by atoms with E-state index in [-0.39, 0.29) is 31.1 Å². The van der Waals surface area contributed by atoms with Crippen LogP contribution in [0.4, 0.5) is 0 Å². The maximum absolute atomic E-state index is 12.8. The van der Waals surface area contributed by atoms with Gasteiger partial charge >= 0.3 is 17.9 Å². The smallest absolute Gasteiger partial charge is 0.306 e. The molecule has 0 unspecified atom stereocenters. The monoisotopic (exact) mass is 823 g/mol. The minimum atomic E-state index is -0.798. The summed E-state index contributed by atoms with van der Waals surface area (Å²) < 4.78 is 16.7. The van der Waals surface area contributed by atoms with Gasteiger partial charge in [-0.05, 0) is 109 Å². The van der Waals surface area contributed by atoms with Gasteiger partial charge in [-0.25, -0.2) is 0 Å². The zero-order valence-corrected chi connectivity index (χ0v) is 38.5. The Bertz CT molecular complexity index is 1130. The average Bonchev–Trinajstić information content (AvgIpc) is 3.23. The van der Waals surface area contributed by atoms with Gasteiger partial charge < -0.3 is 14.2 Å². The third-order valence-corrected chi connectivity index (χ3v) is 10.2. The molecule has 0 bridgehead atoms. The lowest BCUT2D eigenvalue weighted by Gasteiger charge is -2.18. The number of carbonyl (C=O) groups is 3. The topological polar surface area (TPSA) is 78.9 Å². The molecule has 0 radical (unpaired) electrons. The fraction of sp³-hybridized carbons (Fsp3) is 0.717. The predicted octanol–water partition coefficient (Wildman–Crippen LogP) is 15.9. The molecule has 59 heavy (non-hydrogen) atoms. The fourth-order valence-corrected chi connectivity index (χ4v) is 6.48. The Hall–Kier alpha value is -3.15. The molecule has 0 aliphatic rings. The Morgan fingerprint density at radius 2 is 0.661 bits per heavy atom. The number of hydrogen-bond acceptors (Lipinski definition) is 6. The molecule has 0 aromatic heterocycles. The van der Waals surface area contributed by atoms with Crippen LogP contribution in [0.2, 0.25) is 0 Å². The van der Waals surface area contributed by atoms with E-state index in [0.717, 1.165) is 103 Å². The van der Waals surface area contributed by atoms with Gasteiger partial charge in [-0.15, -0.1) is 0 Å². The van der Waals surface area contributed by atoms with Crippen molar-refractivity contribution in [3.8, 4) is 0 Å². The predicted molar refractivity (Wildman–Crippen MR) is 251 cm³/mol. The highest BCUT2D eigenvalue weighted by Gasteiger charge is 2.19. The molecule has 1 atom stereocenters. The summed E-state index contributed by atoms with van der Waals surface area (Å²) in [4.78, 5) is 37.8. The zero-order chi connectivity index (χ0) is 43.0. The van der Waals surface area contributed by atoms with Crippen LogP contribution in [0.25, 0.3) is 0 Å². The molecule has 0 aromatic rings. The van der Waals surface area contributed by atoms with Gasteiger partial charge in [0.2, 0.25) is 0 Å². The summed E-state index contributed by atoms with van der Waals surface area (Å²) in [5.41, 5.74) is 0. The van der Waals surface area contributed by atoms with E-state index in [1.54, 1.807) is 0 Å². The van der Waals surface area contributed by atoms with Crippen molar-refractivity contribution in [3.63, 3.8) is 0 Å². The number of hydrogen-bond donors (Lipinski definition) is 0. The van der Waals surface area contributed by atoms with Crippen LogP contribution in [-0.2, 0) is 28.6 Å². The first-order valence-corrected chi connectivity index (χ1v) is 24.4. The van der Waals surface area contributed by atoms with E-state index in [0.29, 0.717) is 19.3 Å². The van der Waals surface area contributed by atoms with E-state index in [2.05, 4.69) is 93.7 Å². The molecule has 0 aliphatic carbocycles. The highest BCUT2D eigenvalue weighted by molar-refractivity contribution is 5.71. The molecule has 0 fully saturated rings. The molecule has 0 rings (SSSR count). The molecule has 6 nitrogen and oxygen atoms in total. The first kappa shape index (κ1) is 55.9. The molecule has 0 saturated carbocycles. The van der Waals surface area contributed by atoms with Crippen LogP contribution in [0.1, 0.15) is 226 Å². The van der Waals surface area contributed by atoms with Crippen molar-refractivity contribution in [2.75, 3.05) is 13.2 Å². The van der Waals surface area contributed by atoms with Gasteiger partial charge in [-0.1, -0.05) is 171 Å². The number of carbonyl (C=O) groups excluding carboxylic acids is 3. The van der Waals surface area contributed by atoms with Crippen LogP contribution in [0, 0.1) is 0 Å². The minimum absolute atomic E-state index is 0.0967. The van der Waals surface area contributed by atoms with Gasteiger partial charge in [-0.2, -0.15) is 0 Å². The van der Waals surface area contributed by atoms with Crippen molar-refractivity contribution in [2.24, 2.45) is 0 Å². The summed E-state index contributed by atoms with van der Waals surface area (Å²) >= 11 is 0. The Balaban J connectivity index is 4.48. The van der Waals surface area contributed by atoms with Crippen LogP contribution in [0.3, 0.4) is 0 Å². The van der Waals surface area contributed by atoms with Gasteiger partial charge in [0, 0.05) is 19.3 Å². The van der Waals surface area contributed by atoms with Crippen molar-refractivity contribution in [1.82, 2.24) is 0 Å². The van der Waals surface area contributed by atoms with E-state index in [4.69, 9.17) is 14.2 Å². The molecule has 338 valence electrons. The van der Waals surface area contributed by atoms with E-state index in [1.807, 2.05) is 0 Å². The summed E-state index contributed by atoms with van der Waals surface area (Å²) in [5.74, 6) is -0.959. The number of esters is 3. The summed E-state index contributed by atoms with van der Waals surface area (Å²) in [7, 11) is 0. The van der Waals surface area contributed by atoms with Crippen LogP contribution >= 0.6 is 0 Å². The van der Waals surface area contributed by atoms with E-state index in [1.165, 1.54) is 83.5 Å². The van der Waals surface area contributed by atoms with Crippen LogP contribution in [0.5, 0.6) is 0 Å². The molecule has 0 heterocycles.